The van der Waals surface area contributed by atoms with Crippen molar-refractivity contribution in [2.75, 3.05) is 77.1 Å². The zero-order valence-corrected chi connectivity index (χ0v) is 27.4. The Kier molecular flexibility index (Phi) is 14.2. The minimum atomic E-state index is -1.47. The van der Waals surface area contributed by atoms with Gasteiger partial charge in [-0.15, -0.1) is 0 Å². The van der Waals surface area contributed by atoms with E-state index in [1.165, 1.54) is 6.07 Å². The number of ether oxygens (including phenoxy) is 1. The lowest BCUT2D eigenvalue weighted by molar-refractivity contribution is -0.136. The molecule has 47 heavy (non-hydrogen) atoms. The minimum absolute atomic E-state index is 0.00864. The van der Waals surface area contributed by atoms with Crippen LogP contribution in [-0.2, 0) is 11.2 Å². The zero-order valence-electron chi connectivity index (χ0n) is 26.7. The maximum Gasteiger partial charge on any atom is 0.315 e. The topological polar surface area (TPSA) is 172 Å². The number of hydrogen-bond acceptors (Lipinski definition) is 10. The van der Waals surface area contributed by atoms with E-state index >= 15 is 0 Å². The summed E-state index contributed by atoms with van der Waals surface area (Å²) < 4.78 is 20.6. The Bertz CT molecular complexity index is 1270. The quantitative estimate of drug-likeness (QED) is 0.126. The number of aliphatic hydroxyl groups is 3. The van der Waals surface area contributed by atoms with Gasteiger partial charge in [0, 0.05) is 45.3 Å². The van der Waals surface area contributed by atoms with Gasteiger partial charge < -0.3 is 45.8 Å². The SMILES string of the molecule is O=C(NCCNCCC1CN(C(=O)Cc2ccc(OCCCC3CCN(c4ncc(Cl)cn4)CC3)cc2F)C1)NC(CO)(CO)CO. The van der Waals surface area contributed by atoms with Gasteiger partial charge in [-0.25, -0.2) is 19.2 Å². The molecule has 2 aliphatic heterocycles. The highest BCUT2D eigenvalue weighted by molar-refractivity contribution is 6.30. The fourth-order valence-electron chi connectivity index (χ4n) is 5.69. The van der Waals surface area contributed by atoms with Gasteiger partial charge in [0.2, 0.25) is 11.9 Å². The van der Waals surface area contributed by atoms with E-state index in [9.17, 15) is 29.3 Å². The van der Waals surface area contributed by atoms with E-state index in [1.807, 2.05) is 0 Å². The van der Waals surface area contributed by atoms with E-state index in [0.29, 0.717) is 73.5 Å². The molecule has 2 saturated heterocycles. The summed E-state index contributed by atoms with van der Waals surface area (Å²) in [7, 11) is 0. The molecule has 0 bridgehead atoms. The number of aromatic nitrogens is 2. The number of likely N-dealkylation sites (tertiary alicyclic amines) is 1. The number of urea groups is 1. The molecular formula is C32H47ClFN7O6. The molecule has 0 saturated carbocycles. The van der Waals surface area contributed by atoms with Gasteiger partial charge in [-0.2, -0.15) is 0 Å². The van der Waals surface area contributed by atoms with Crippen LogP contribution in [0.3, 0.4) is 0 Å². The smallest absolute Gasteiger partial charge is 0.315 e. The van der Waals surface area contributed by atoms with Crippen molar-refractivity contribution in [2.45, 2.75) is 44.1 Å². The Morgan fingerprint density at radius 1 is 1.00 bits per heavy atom. The Labute approximate surface area is 279 Å². The number of anilines is 1. The van der Waals surface area contributed by atoms with Crippen molar-refractivity contribution in [3.63, 3.8) is 0 Å². The third-order valence-corrected chi connectivity index (χ3v) is 9.00. The number of amides is 3. The van der Waals surface area contributed by atoms with Crippen LogP contribution in [0.15, 0.2) is 30.6 Å². The van der Waals surface area contributed by atoms with Crippen LogP contribution < -0.4 is 25.6 Å². The highest BCUT2D eigenvalue weighted by Gasteiger charge is 2.31. The number of piperidine rings is 1. The summed E-state index contributed by atoms with van der Waals surface area (Å²) in [6.07, 6.45) is 8.14. The van der Waals surface area contributed by atoms with E-state index < -0.39 is 37.2 Å². The van der Waals surface area contributed by atoms with Crippen molar-refractivity contribution >= 4 is 29.5 Å². The molecule has 4 rings (SSSR count). The third-order valence-electron chi connectivity index (χ3n) is 8.81. The third kappa shape index (κ3) is 11.1. The van der Waals surface area contributed by atoms with Gasteiger partial charge in [0.1, 0.15) is 17.1 Å². The molecular weight excluding hydrogens is 633 g/mol. The van der Waals surface area contributed by atoms with Gasteiger partial charge in [0.15, 0.2) is 0 Å². The maximum absolute atomic E-state index is 14.8. The van der Waals surface area contributed by atoms with Crippen LogP contribution in [0.5, 0.6) is 5.75 Å². The number of rotatable bonds is 18. The first-order valence-electron chi connectivity index (χ1n) is 16.2. The summed E-state index contributed by atoms with van der Waals surface area (Å²) in [5.74, 6) is 1.60. The lowest BCUT2D eigenvalue weighted by Crippen LogP contribution is -2.59. The molecule has 3 heterocycles. The highest BCUT2D eigenvalue weighted by Crippen LogP contribution is 2.26. The van der Waals surface area contributed by atoms with E-state index in [1.54, 1.807) is 29.4 Å². The number of nitrogens with zero attached hydrogens (tertiary/aromatic N) is 4. The minimum Gasteiger partial charge on any atom is -0.493 e. The molecule has 1 aromatic heterocycles. The molecule has 2 fully saturated rings. The average Bonchev–Trinajstić information content (AvgIpc) is 3.06. The molecule has 15 heteroatoms. The van der Waals surface area contributed by atoms with Crippen molar-refractivity contribution in [1.82, 2.24) is 30.8 Å². The second kappa shape index (κ2) is 18.3. The predicted octanol–water partition coefficient (Wildman–Crippen LogP) is 1.34. The lowest BCUT2D eigenvalue weighted by Gasteiger charge is -2.39. The Morgan fingerprint density at radius 3 is 2.36 bits per heavy atom. The van der Waals surface area contributed by atoms with Crippen molar-refractivity contribution in [1.29, 1.82) is 0 Å². The van der Waals surface area contributed by atoms with Crippen LogP contribution in [-0.4, -0.2) is 120 Å². The number of nitrogens with one attached hydrogen (secondary N) is 3. The van der Waals surface area contributed by atoms with E-state index in [2.05, 4.69) is 30.8 Å². The normalized spacial score (nSPS) is 15.8. The molecule has 1 aromatic carbocycles. The molecule has 0 spiro atoms. The molecule has 260 valence electrons. The van der Waals surface area contributed by atoms with Crippen molar-refractivity contribution in [2.24, 2.45) is 11.8 Å². The van der Waals surface area contributed by atoms with E-state index in [-0.39, 0.29) is 12.3 Å². The van der Waals surface area contributed by atoms with E-state index in [4.69, 9.17) is 16.3 Å². The molecule has 0 unspecified atom stereocenters. The van der Waals surface area contributed by atoms with Crippen LogP contribution in [0.2, 0.25) is 5.02 Å². The molecule has 0 radical (unpaired) electrons. The number of benzene rings is 1. The first kappa shape index (κ1) is 36.5. The standard InChI is InChI=1S/C32H47ClFN7O6/c33-26-16-37-30(38-17-26)40-11-6-23(7-12-40)2-1-13-47-27-4-3-25(28(34)15-27)14-29(45)41-18-24(19-41)5-8-35-9-10-36-31(46)39-32(20-42,21-43)22-44/h3-4,15-17,23-24,35,42-44H,1-2,5-14,18-22H2,(H2,36,39,46). The molecule has 3 amide bonds. The van der Waals surface area contributed by atoms with Gasteiger partial charge in [0.25, 0.3) is 0 Å². The summed E-state index contributed by atoms with van der Waals surface area (Å²) in [5, 5.41) is 36.5. The van der Waals surface area contributed by atoms with Crippen LogP contribution in [0.25, 0.3) is 0 Å². The largest absolute Gasteiger partial charge is 0.493 e. The molecule has 6 N–H and O–H groups in total. The molecule has 13 nitrogen and oxygen atoms in total. The fraction of sp³-hybridized carbons (Fsp3) is 0.625. The summed E-state index contributed by atoms with van der Waals surface area (Å²) >= 11 is 5.88. The van der Waals surface area contributed by atoms with Crippen LogP contribution in [0, 0.1) is 17.7 Å². The summed E-state index contributed by atoms with van der Waals surface area (Å²) in [5.41, 5.74) is -1.11. The second-order valence-corrected chi connectivity index (χ2v) is 12.8. The first-order chi connectivity index (χ1) is 22.7. The average molecular weight is 680 g/mol. The number of hydrogen-bond donors (Lipinski definition) is 6. The molecule has 0 atom stereocenters. The fourth-order valence-corrected chi connectivity index (χ4v) is 5.79. The number of carbonyl (C=O) groups excluding carboxylic acids is 2. The monoisotopic (exact) mass is 679 g/mol. The lowest BCUT2D eigenvalue weighted by atomic mass is 9.92. The summed E-state index contributed by atoms with van der Waals surface area (Å²) in [6.45, 7) is 3.34. The van der Waals surface area contributed by atoms with Gasteiger partial charge in [-0.05, 0) is 62.1 Å². The Hall–Kier alpha value is -3.30. The summed E-state index contributed by atoms with van der Waals surface area (Å²) in [6, 6.07) is 4.12. The highest BCUT2D eigenvalue weighted by atomic mass is 35.5. The van der Waals surface area contributed by atoms with E-state index in [0.717, 1.165) is 45.2 Å². The second-order valence-electron chi connectivity index (χ2n) is 12.4. The van der Waals surface area contributed by atoms with Crippen LogP contribution in [0.1, 0.15) is 37.7 Å². The van der Waals surface area contributed by atoms with Crippen molar-refractivity contribution in [3.8, 4) is 5.75 Å². The van der Waals surface area contributed by atoms with Crippen molar-refractivity contribution in [3.05, 3.63) is 47.0 Å². The molecule has 0 aliphatic carbocycles. The van der Waals surface area contributed by atoms with Gasteiger partial charge in [0.05, 0.1) is 50.3 Å². The zero-order chi connectivity index (χ0) is 33.6. The predicted molar refractivity (Wildman–Crippen MR) is 175 cm³/mol. The molecule has 2 aliphatic rings. The number of aliphatic hydroxyl groups excluding tert-OH is 3. The van der Waals surface area contributed by atoms with Gasteiger partial charge in [-0.1, -0.05) is 17.7 Å². The van der Waals surface area contributed by atoms with Crippen molar-refractivity contribution < 1.29 is 34.0 Å². The Morgan fingerprint density at radius 2 is 1.70 bits per heavy atom. The summed E-state index contributed by atoms with van der Waals surface area (Å²) in [4.78, 5) is 37.1. The van der Waals surface area contributed by atoms with Crippen LogP contribution in [0.4, 0.5) is 15.1 Å². The first-order valence-corrected chi connectivity index (χ1v) is 16.6. The van der Waals surface area contributed by atoms with Gasteiger partial charge in [-0.3, -0.25) is 4.79 Å². The molecule has 2 aromatic rings. The maximum atomic E-state index is 14.8. The number of carbonyl (C=O) groups is 2. The van der Waals surface area contributed by atoms with Gasteiger partial charge >= 0.3 is 6.03 Å². The Balaban J connectivity index is 1.03. The number of halogens is 2. The van der Waals surface area contributed by atoms with Crippen LogP contribution >= 0.6 is 11.6 Å².